The van der Waals surface area contributed by atoms with Gasteiger partial charge in [0.1, 0.15) is 22.0 Å². The molecule has 0 saturated carbocycles. The highest BCUT2D eigenvalue weighted by Gasteiger charge is 2.23. The Morgan fingerprint density at radius 3 is 2.72 bits per heavy atom. The van der Waals surface area contributed by atoms with Gasteiger partial charge in [-0.1, -0.05) is 23.4 Å². The number of aromatic nitrogens is 3. The smallest absolute Gasteiger partial charge is 0.246 e. The van der Waals surface area contributed by atoms with Crippen LogP contribution < -0.4 is 10.5 Å². The summed E-state index contributed by atoms with van der Waals surface area (Å²) in [5.41, 5.74) is 7.80. The Balaban J connectivity index is 2.15. The average molecular weight is 419 g/mol. The topological polar surface area (TPSA) is 103 Å². The van der Waals surface area contributed by atoms with Gasteiger partial charge in [0, 0.05) is 26.2 Å². The maximum atomic E-state index is 13.9. The zero-order valence-electron chi connectivity index (χ0n) is 16.3. The molecule has 3 aromatic rings. The predicted octanol–water partition coefficient (Wildman–Crippen LogP) is 2.17. The highest BCUT2D eigenvalue weighted by molar-refractivity contribution is 7.89. The number of halogens is 1. The van der Waals surface area contributed by atoms with E-state index in [1.54, 1.807) is 30.3 Å². The van der Waals surface area contributed by atoms with Crippen molar-refractivity contribution in [2.75, 3.05) is 27.7 Å². The number of hydrogen-bond acceptors (Lipinski definition) is 6. The molecule has 1 heterocycles. The van der Waals surface area contributed by atoms with Crippen molar-refractivity contribution in [3.63, 3.8) is 0 Å². The summed E-state index contributed by atoms with van der Waals surface area (Å²) in [4.78, 5) is 0.0452. The van der Waals surface area contributed by atoms with Crippen molar-refractivity contribution in [3.8, 4) is 16.9 Å². The molecule has 2 aromatic carbocycles. The Labute approximate surface area is 168 Å². The fourth-order valence-electron chi connectivity index (χ4n) is 2.92. The Morgan fingerprint density at radius 1 is 1.31 bits per heavy atom. The van der Waals surface area contributed by atoms with Crippen LogP contribution in [-0.4, -0.2) is 55.5 Å². The van der Waals surface area contributed by atoms with E-state index >= 15 is 0 Å². The van der Waals surface area contributed by atoms with Crippen LogP contribution in [0.4, 0.5) is 4.39 Å². The van der Waals surface area contributed by atoms with Crippen molar-refractivity contribution in [1.82, 2.24) is 19.3 Å². The van der Waals surface area contributed by atoms with Gasteiger partial charge >= 0.3 is 0 Å². The van der Waals surface area contributed by atoms with Crippen molar-refractivity contribution >= 4 is 21.1 Å². The molecule has 2 N–H and O–H groups in total. The molecule has 0 aliphatic rings. The number of hydrogen-bond donors (Lipinski definition) is 1. The molecule has 0 radical (unpaired) electrons. The third-order valence-corrected chi connectivity index (χ3v) is 6.26. The van der Waals surface area contributed by atoms with Crippen molar-refractivity contribution < 1.29 is 17.5 Å². The number of benzene rings is 2. The van der Waals surface area contributed by atoms with Crippen molar-refractivity contribution in [2.24, 2.45) is 5.73 Å². The van der Waals surface area contributed by atoms with Crippen LogP contribution in [0.3, 0.4) is 0 Å². The summed E-state index contributed by atoms with van der Waals surface area (Å²) in [5.74, 6) is -0.166. The lowest BCUT2D eigenvalue weighted by Gasteiger charge is -2.15. The maximum Gasteiger partial charge on any atom is 0.246 e. The van der Waals surface area contributed by atoms with E-state index in [9.17, 15) is 12.8 Å². The van der Waals surface area contributed by atoms with Crippen LogP contribution in [0.15, 0.2) is 53.2 Å². The molecule has 10 heteroatoms. The number of rotatable bonds is 7. The van der Waals surface area contributed by atoms with Gasteiger partial charge in [-0.15, -0.1) is 5.10 Å². The van der Waals surface area contributed by atoms with Crippen LogP contribution in [0.5, 0.6) is 5.75 Å². The van der Waals surface area contributed by atoms with Crippen molar-refractivity contribution in [1.29, 1.82) is 0 Å². The van der Waals surface area contributed by atoms with E-state index in [-0.39, 0.29) is 23.7 Å². The van der Waals surface area contributed by atoms with E-state index < -0.39 is 15.9 Å². The van der Waals surface area contributed by atoms with E-state index in [0.717, 1.165) is 4.31 Å². The first-order valence-corrected chi connectivity index (χ1v) is 10.2. The van der Waals surface area contributed by atoms with Gasteiger partial charge in [-0.25, -0.2) is 21.8 Å². The van der Waals surface area contributed by atoms with Crippen molar-refractivity contribution in [3.05, 3.63) is 48.3 Å². The van der Waals surface area contributed by atoms with Gasteiger partial charge in [-0.05, 0) is 29.8 Å². The predicted molar refractivity (Wildman–Crippen MR) is 109 cm³/mol. The number of sulfonamides is 1. The van der Waals surface area contributed by atoms with Gasteiger partial charge in [-0.2, -0.15) is 0 Å². The zero-order chi connectivity index (χ0) is 21.2. The Kier molecular flexibility index (Phi) is 5.96. The summed E-state index contributed by atoms with van der Waals surface area (Å²) in [7, 11) is 0.605. The monoisotopic (exact) mass is 419 g/mol. The molecule has 8 nitrogen and oxygen atoms in total. The van der Waals surface area contributed by atoms with Crippen LogP contribution in [0, 0.1) is 0 Å². The summed E-state index contributed by atoms with van der Waals surface area (Å²) < 4.78 is 47.1. The number of ether oxygens (including phenoxy) is 1. The molecule has 0 saturated heterocycles. The number of allylic oxidation sites excluding steroid dienone is 1. The first-order chi connectivity index (χ1) is 13.8. The summed E-state index contributed by atoms with van der Waals surface area (Å²) in [5, 5.41) is 8.21. The number of methoxy groups -OCH3 is 1. The molecule has 1 aromatic heterocycles. The highest BCUT2D eigenvalue weighted by Crippen LogP contribution is 2.34. The normalized spacial score (nSPS) is 12.7. The molecule has 3 rings (SSSR count). The molecule has 0 fully saturated rings. The maximum absolute atomic E-state index is 13.9. The van der Waals surface area contributed by atoms with Gasteiger partial charge in [0.2, 0.25) is 10.0 Å². The van der Waals surface area contributed by atoms with Gasteiger partial charge in [0.05, 0.1) is 19.2 Å². The second-order valence-electron chi connectivity index (χ2n) is 6.46. The second kappa shape index (κ2) is 8.27. The lowest BCUT2D eigenvalue weighted by Crippen LogP contribution is -2.22. The van der Waals surface area contributed by atoms with Crippen LogP contribution in [0.25, 0.3) is 22.2 Å². The fourth-order valence-corrected chi connectivity index (χ4v) is 3.99. The van der Waals surface area contributed by atoms with Crippen LogP contribution in [0.2, 0.25) is 0 Å². The summed E-state index contributed by atoms with van der Waals surface area (Å²) >= 11 is 0. The third kappa shape index (κ3) is 4.00. The molecule has 154 valence electrons. The largest absolute Gasteiger partial charge is 0.495 e. The van der Waals surface area contributed by atoms with E-state index in [2.05, 4.69) is 10.3 Å². The molecule has 0 aliphatic carbocycles. The van der Waals surface area contributed by atoms with Crippen LogP contribution >= 0.6 is 0 Å². The van der Waals surface area contributed by atoms with E-state index in [1.165, 1.54) is 38.0 Å². The minimum atomic E-state index is -3.72. The van der Waals surface area contributed by atoms with Crippen molar-refractivity contribution in [2.45, 2.75) is 11.4 Å². The molecule has 0 unspecified atom stereocenters. The molecule has 0 bridgehead atoms. The first-order valence-electron chi connectivity index (χ1n) is 8.77. The van der Waals surface area contributed by atoms with Crippen LogP contribution in [0.1, 0.15) is 0 Å². The van der Waals surface area contributed by atoms with Gasteiger partial charge in [0.25, 0.3) is 0 Å². The Hall–Kier alpha value is -2.82. The Morgan fingerprint density at radius 2 is 2.07 bits per heavy atom. The minimum absolute atomic E-state index is 0.0452. The standard InChI is InChI=1S/C19H22FN5O3S/c1-24(2)29(26,27)18-11-13(7-8-17(18)28-3)15-5-4-6-16-19(15)22-23-25(16)12-14(20)9-10-21/h4-9,11H,10,12,21H2,1-3H3/b14-9-. The lowest BCUT2D eigenvalue weighted by molar-refractivity contribution is 0.400. The summed E-state index contributed by atoms with van der Waals surface area (Å²) in [6, 6.07) is 10.2. The molecule has 29 heavy (non-hydrogen) atoms. The molecule has 0 aliphatic heterocycles. The van der Waals surface area contributed by atoms with Crippen LogP contribution in [-0.2, 0) is 16.6 Å². The third-order valence-electron chi connectivity index (χ3n) is 4.42. The molecule has 0 spiro atoms. The quantitative estimate of drug-likeness (QED) is 0.630. The summed E-state index contributed by atoms with van der Waals surface area (Å²) in [6.45, 7) is 0.0126. The minimum Gasteiger partial charge on any atom is -0.495 e. The average Bonchev–Trinajstić information content (AvgIpc) is 3.10. The highest BCUT2D eigenvalue weighted by atomic mass is 32.2. The number of fused-ring (bicyclic) bond motifs is 1. The molecule has 0 amide bonds. The van der Waals surface area contributed by atoms with E-state index in [4.69, 9.17) is 10.5 Å². The van der Waals surface area contributed by atoms with Gasteiger partial charge < -0.3 is 10.5 Å². The molecular weight excluding hydrogens is 397 g/mol. The van der Waals surface area contributed by atoms with E-state index in [0.29, 0.717) is 22.2 Å². The zero-order valence-corrected chi connectivity index (χ0v) is 17.1. The number of nitrogens with two attached hydrogens (primary N) is 1. The Bertz CT molecular complexity index is 1170. The number of nitrogens with zero attached hydrogens (tertiary/aromatic N) is 4. The van der Waals surface area contributed by atoms with Gasteiger partial charge in [-0.3, -0.25) is 0 Å². The fraction of sp³-hybridized carbons (Fsp3) is 0.263. The SMILES string of the molecule is COc1ccc(-c2cccc3c2nnn3C/C(F)=C/CN)cc1S(=O)(=O)N(C)C. The molecule has 0 atom stereocenters. The second-order valence-corrected chi connectivity index (χ2v) is 8.58. The summed E-state index contributed by atoms with van der Waals surface area (Å²) in [6.07, 6.45) is 1.28. The first kappa shape index (κ1) is 20.9. The van der Waals surface area contributed by atoms with Gasteiger partial charge in [0.15, 0.2) is 0 Å². The van der Waals surface area contributed by atoms with E-state index in [1.807, 2.05) is 0 Å². The lowest BCUT2D eigenvalue weighted by atomic mass is 10.0. The molecular formula is C19H22FN5O3S.